The van der Waals surface area contributed by atoms with E-state index in [1.807, 2.05) is 57.2 Å². The van der Waals surface area contributed by atoms with Crippen molar-refractivity contribution in [1.29, 1.82) is 0 Å². The molecule has 0 saturated heterocycles. The molecule has 28 heavy (non-hydrogen) atoms. The standard InChI is InChI=1S/C23H30N2O3/c1-6-24-23(27)18(4)25(15-19-8-7-9-21(13-19)28-5)22(26)14-20-11-16(2)10-17(3)12-20/h7-13,18H,6,14-15H2,1-5H3,(H,24,27)/t18-/m0/s1. The second kappa shape index (κ2) is 9.93. The Balaban J connectivity index is 2.27. The van der Waals surface area contributed by atoms with Crippen molar-refractivity contribution in [2.45, 2.75) is 46.7 Å². The highest BCUT2D eigenvalue weighted by atomic mass is 16.5. The van der Waals surface area contributed by atoms with Crippen LogP contribution in [-0.4, -0.2) is 36.4 Å². The molecule has 2 aromatic carbocycles. The average molecular weight is 383 g/mol. The van der Waals surface area contributed by atoms with Crippen LogP contribution in [0.2, 0.25) is 0 Å². The lowest BCUT2D eigenvalue weighted by molar-refractivity contribution is -0.140. The lowest BCUT2D eigenvalue weighted by Crippen LogP contribution is -2.48. The zero-order chi connectivity index (χ0) is 20.7. The molecular formula is C23H30N2O3. The van der Waals surface area contributed by atoms with Crippen LogP contribution in [0.1, 0.15) is 36.1 Å². The first-order valence-electron chi connectivity index (χ1n) is 9.61. The third-order valence-electron chi connectivity index (χ3n) is 4.64. The highest BCUT2D eigenvalue weighted by molar-refractivity contribution is 5.88. The highest BCUT2D eigenvalue weighted by Crippen LogP contribution is 2.18. The van der Waals surface area contributed by atoms with E-state index in [1.54, 1.807) is 18.9 Å². The topological polar surface area (TPSA) is 58.6 Å². The number of ether oxygens (including phenoxy) is 1. The molecule has 150 valence electrons. The molecule has 5 heteroatoms. The second-order valence-electron chi connectivity index (χ2n) is 7.12. The summed E-state index contributed by atoms with van der Waals surface area (Å²) in [6.07, 6.45) is 0.260. The molecule has 2 amide bonds. The Kier molecular flexibility index (Phi) is 7.61. The molecule has 0 unspecified atom stereocenters. The number of nitrogens with zero attached hydrogens (tertiary/aromatic N) is 1. The van der Waals surface area contributed by atoms with Gasteiger partial charge >= 0.3 is 0 Å². The molecule has 1 atom stereocenters. The van der Waals surface area contributed by atoms with Crippen molar-refractivity contribution >= 4 is 11.8 Å². The van der Waals surface area contributed by atoms with Gasteiger partial charge in [-0.15, -0.1) is 0 Å². The molecule has 0 heterocycles. The molecule has 0 aliphatic carbocycles. The molecule has 0 radical (unpaired) electrons. The van der Waals surface area contributed by atoms with Crippen LogP contribution in [0.25, 0.3) is 0 Å². The minimum atomic E-state index is -0.565. The largest absolute Gasteiger partial charge is 0.497 e. The van der Waals surface area contributed by atoms with E-state index < -0.39 is 6.04 Å². The maximum Gasteiger partial charge on any atom is 0.242 e. The smallest absolute Gasteiger partial charge is 0.242 e. The summed E-state index contributed by atoms with van der Waals surface area (Å²) in [6.45, 7) is 8.55. The third-order valence-corrected chi connectivity index (χ3v) is 4.64. The minimum absolute atomic E-state index is 0.0772. The van der Waals surface area contributed by atoms with E-state index in [4.69, 9.17) is 4.74 Å². The third kappa shape index (κ3) is 5.84. The fourth-order valence-corrected chi connectivity index (χ4v) is 3.32. The van der Waals surface area contributed by atoms with E-state index in [0.717, 1.165) is 28.0 Å². The summed E-state index contributed by atoms with van der Waals surface area (Å²) in [7, 11) is 1.61. The Morgan fingerprint density at radius 2 is 1.75 bits per heavy atom. The number of carbonyl (C=O) groups excluding carboxylic acids is 2. The average Bonchev–Trinajstić information content (AvgIpc) is 2.65. The van der Waals surface area contributed by atoms with Gasteiger partial charge in [-0.1, -0.05) is 41.5 Å². The quantitative estimate of drug-likeness (QED) is 0.761. The number of benzene rings is 2. The first-order valence-corrected chi connectivity index (χ1v) is 9.61. The fourth-order valence-electron chi connectivity index (χ4n) is 3.32. The maximum absolute atomic E-state index is 13.2. The summed E-state index contributed by atoms with van der Waals surface area (Å²) in [5, 5.41) is 2.81. The van der Waals surface area contributed by atoms with Gasteiger partial charge in [0.1, 0.15) is 11.8 Å². The summed E-state index contributed by atoms with van der Waals surface area (Å²) in [6, 6.07) is 13.1. The predicted octanol–water partition coefficient (Wildman–Crippen LogP) is 3.41. The molecular weight excluding hydrogens is 352 g/mol. The Labute approximate surface area is 167 Å². The SMILES string of the molecule is CCNC(=O)[C@H](C)N(Cc1cccc(OC)c1)C(=O)Cc1cc(C)cc(C)c1. The number of hydrogen-bond donors (Lipinski definition) is 1. The van der Waals surface area contributed by atoms with E-state index in [-0.39, 0.29) is 18.2 Å². The van der Waals surface area contributed by atoms with Gasteiger partial charge in [0.2, 0.25) is 11.8 Å². The van der Waals surface area contributed by atoms with Crippen molar-refractivity contribution in [2.24, 2.45) is 0 Å². The summed E-state index contributed by atoms with van der Waals surface area (Å²) >= 11 is 0. The molecule has 2 rings (SSSR count). The minimum Gasteiger partial charge on any atom is -0.497 e. The van der Waals surface area contributed by atoms with Crippen molar-refractivity contribution in [3.8, 4) is 5.75 Å². The van der Waals surface area contributed by atoms with Crippen LogP contribution in [-0.2, 0) is 22.6 Å². The Bertz CT molecular complexity index is 812. The van der Waals surface area contributed by atoms with Crippen molar-refractivity contribution in [3.05, 3.63) is 64.7 Å². The van der Waals surface area contributed by atoms with Gasteiger partial charge in [0.25, 0.3) is 0 Å². The van der Waals surface area contributed by atoms with Gasteiger partial charge in [0, 0.05) is 13.1 Å². The number of amides is 2. The van der Waals surface area contributed by atoms with E-state index in [9.17, 15) is 9.59 Å². The molecule has 5 nitrogen and oxygen atoms in total. The lowest BCUT2D eigenvalue weighted by atomic mass is 10.0. The van der Waals surface area contributed by atoms with E-state index in [2.05, 4.69) is 11.4 Å². The van der Waals surface area contributed by atoms with Crippen LogP contribution in [0.4, 0.5) is 0 Å². The Morgan fingerprint density at radius 1 is 1.07 bits per heavy atom. The monoisotopic (exact) mass is 382 g/mol. The second-order valence-corrected chi connectivity index (χ2v) is 7.12. The summed E-state index contributed by atoms with van der Waals surface area (Å²) < 4.78 is 5.28. The number of hydrogen-bond acceptors (Lipinski definition) is 3. The molecule has 0 aliphatic rings. The zero-order valence-electron chi connectivity index (χ0n) is 17.4. The van der Waals surface area contributed by atoms with Gasteiger partial charge in [0.15, 0.2) is 0 Å². The zero-order valence-corrected chi connectivity index (χ0v) is 17.4. The van der Waals surface area contributed by atoms with Gasteiger partial charge in [-0.05, 0) is 51.0 Å². The van der Waals surface area contributed by atoms with Gasteiger partial charge in [-0.2, -0.15) is 0 Å². The fraction of sp³-hybridized carbons (Fsp3) is 0.391. The van der Waals surface area contributed by atoms with Crippen LogP contribution in [0, 0.1) is 13.8 Å². The normalized spacial score (nSPS) is 11.6. The number of aryl methyl sites for hydroxylation is 2. The molecule has 0 spiro atoms. The predicted molar refractivity (Wildman–Crippen MR) is 111 cm³/mol. The number of rotatable bonds is 8. The first-order chi connectivity index (χ1) is 13.3. The van der Waals surface area contributed by atoms with Crippen LogP contribution >= 0.6 is 0 Å². The van der Waals surface area contributed by atoms with Gasteiger partial charge in [-0.25, -0.2) is 0 Å². The van der Waals surface area contributed by atoms with Crippen LogP contribution < -0.4 is 10.1 Å². The maximum atomic E-state index is 13.2. The summed E-state index contributed by atoms with van der Waals surface area (Å²) in [5.74, 6) is 0.496. The van der Waals surface area contributed by atoms with E-state index >= 15 is 0 Å². The summed E-state index contributed by atoms with van der Waals surface area (Å²) in [4.78, 5) is 27.2. The molecule has 0 bridgehead atoms. The van der Waals surface area contributed by atoms with Crippen LogP contribution in [0.15, 0.2) is 42.5 Å². The number of methoxy groups -OCH3 is 1. The van der Waals surface area contributed by atoms with Crippen molar-refractivity contribution in [1.82, 2.24) is 10.2 Å². The number of likely N-dealkylation sites (N-methyl/N-ethyl adjacent to an activating group) is 1. The molecule has 2 aromatic rings. The highest BCUT2D eigenvalue weighted by Gasteiger charge is 2.26. The van der Waals surface area contributed by atoms with Gasteiger partial charge in [-0.3, -0.25) is 9.59 Å². The van der Waals surface area contributed by atoms with Crippen LogP contribution in [0.5, 0.6) is 5.75 Å². The number of carbonyl (C=O) groups is 2. The Hall–Kier alpha value is -2.82. The molecule has 0 aromatic heterocycles. The molecule has 0 fully saturated rings. The number of nitrogens with one attached hydrogen (secondary N) is 1. The lowest BCUT2D eigenvalue weighted by Gasteiger charge is -2.29. The van der Waals surface area contributed by atoms with Gasteiger partial charge in [0.05, 0.1) is 13.5 Å². The van der Waals surface area contributed by atoms with Crippen molar-refractivity contribution < 1.29 is 14.3 Å². The summed E-state index contributed by atoms with van der Waals surface area (Å²) in [5.41, 5.74) is 4.13. The molecule has 0 aliphatic heterocycles. The molecule has 0 saturated carbocycles. The van der Waals surface area contributed by atoms with E-state index in [1.165, 1.54) is 0 Å². The van der Waals surface area contributed by atoms with Crippen molar-refractivity contribution in [3.63, 3.8) is 0 Å². The Morgan fingerprint density at radius 3 is 2.36 bits per heavy atom. The van der Waals surface area contributed by atoms with Gasteiger partial charge < -0.3 is 15.0 Å². The molecule has 1 N–H and O–H groups in total. The van der Waals surface area contributed by atoms with Crippen LogP contribution in [0.3, 0.4) is 0 Å². The van der Waals surface area contributed by atoms with Crippen molar-refractivity contribution in [2.75, 3.05) is 13.7 Å². The first kappa shape index (κ1) is 21.5. The van der Waals surface area contributed by atoms with E-state index in [0.29, 0.717) is 13.1 Å².